The fraction of sp³-hybridized carbons (Fsp3) is 0.316. The maximum Gasteiger partial charge on any atom is 0.332 e. The molecule has 1 N–H and O–H groups in total. The number of ketones is 1. The molecule has 1 aromatic carbocycles. The number of rotatable bonds is 1. The topological polar surface area (TPSA) is 73.1 Å². The van der Waals surface area contributed by atoms with E-state index in [9.17, 15) is 14.4 Å². The van der Waals surface area contributed by atoms with Crippen LogP contribution in [-0.2, 0) is 18.9 Å². The summed E-state index contributed by atoms with van der Waals surface area (Å²) in [6.07, 6.45) is 1.81. The van der Waals surface area contributed by atoms with E-state index in [2.05, 4.69) is 5.32 Å². The molecule has 0 saturated carbocycles. The van der Waals surface area contributed by atoms with Crippen molar-refractivity contribution in [3.63, 3.8) is 0 Å². The number of hydrogen-bond donors (Lipinski definition) is 1. The molecule has 140 valence electrons. The Hall–Kier alpha value is -2.31. The van der Waals surface area contributed by atoms with E-state index in [-0.39, 0.29) is 5.78 Å². The number of anilines is 1. The zero-order chi connectivity index (χ0) is 19.5. The smallest absolute Gasteiger partial charge is 0.332 e. The van der Waals surface area contributed by atoms with Crippen LogP contribution in [0, 0.1) is 0 Å². The standard InChI is InChI=1S/C19H17Cl2N3O3/c1-23-17-16(18(26)24(2)19(23)27)14(10-7-6-9(20)8-11(10)21)15-12(22-17)4-3-5-13(15)25/h6-8,14,22H,3-5H2,1-2H3. The molecule has 1 aliphatic heterocycles. The Labute approximate surface area is 165 Å². The van der Waals surface area contributed by atoms with Crippen molar-refractivity contribution in [1.82, 2.24) is 9.13 Å². The molecule has 1 unspecified atom stereocenters. The molecule has 1 atom stereocenters. The van der Waals surface area contributed by atoms with Gasteiger partial charge in [-0.3, -0.25) is 18.7 Å². The van der Waals surface area contributed by atoms with E-state index in [4.69, 9.17) is 23.2 Å². The Bertz CT molecular complexity index is 1140. The summed E-state index contributed by atoms with van der Waals surface area (Å²) in [5.41, 5.74) is 1.40. The highest BCUT2D eigenvalue weighted by atomic mass is 35.5. The number of Topliss-reactive ketones (excluding diaryl/α,β-unsaturated/α-hetero) is 1. The van der Waals surface area contributed by atoms with Gasteiger partial charge in [-0.25, -0.2) is 4.79 Å². The highest BCUT2D eigenvalue weighted by Gasteiger charge is 2.39. The molecular weight excluding hydrogens is 389 g/mol. The molecule has 0 bridgehead atoms. The van der Waals surface area contributed by atoms with Crippen molar-refractivity contribution in [3.8, 4) is 0 Å². The Morgan fingerprint density at radius 2 is 1.81 bits per heavy atom. The monoisotopic (exact) mass is 405 g/mol. The van der Waals surface area contributed by atoms with Crippen LogP contribution in [0.15, 0.2) is 39.1 Å². The first kappa shape index (κ1) is 18.1. The van der Waals surface area contributed by atoms with Crippen LogP contribution in [-0.4, -0.2) is 14.9 Å². The summed E-state index contributed by atoms with van der Waals surface area (Å²) in [6, 6.07) is 5.02. The van der Waals surface area contributed by atoms with Crippen LogP contribution in [0.25, 0.3) is 0 Å². The number of carbonyl (C=O) groups is 1. The van der Waals surface area contributed by atoms with Crippen molar-refractivity contribution in [2.24, 2.45) is 14.1 Å². The molecular formula is C19H17Cl2N3O3. The van der Waals surface area contributed by atoms with Crippen LogP contribution in [0.1, 0.15) is 36.3 Å². The van der Waals surface area contributed by atoms with Gasteiger partial charge in [-0.15, -0.1) is 0 Å². The van der Waals surface area contributed by atoms with Crippen LogP contribution in [0.3, 0.4) is 0 Å². The summed E-state index contributed by atoms with van der Waals surface area (Å²) in [4.78, 5) is 38.2. The fourth-order valence-corrected chi connectivity index (χ4v) is 4.46. The molecule has 0 fully saturated rings. The number of benzene rings is 1. The molecule has 4 rings (SSSR count). The van der Waals surface area contributed by atoms with E-state index in [1.807, 2.05) is 0 Å². The van der Waals surface area contributed by atoms with Crippen molar-refractivity contribution in [2.45, 2.75) is 25.2 Å². The summed E-state index contributed by atoms with van der Waals surface area (Å²) >= 11 is 12.5. The van der Waals surface area contributed by atoms with Gasteiger partial charge in [-0.1, -0.05) is 29.3 Å². The molecule has 1 aromatic heterocycles. The highest BCUT2D eigenvalue weighted by molar-refractivity contribution is 6.35. The maximum atomic E-state index is 13.0. The minimum Gasteiger partial charge on any atom is -0.344 e. The van der Waals surface area contributed by atoms with Crippen molar-refractivity contribution < 1.29 is 4.79 Å². The predicted molar refractivity (Wildman–Crippen MR) is 105 cm³/mol. The van der Waals surface area contributed by atoms with Gasteiger partial charge in [0.15, 0.2) is 5.78 Å². The van der Waals surface area contributed by atoms with Gasteiger partial charge >= 0.3 is 5.69 Å². The van der Waals surface area contributed by atoms with Crippen LogP contribution in [0.4, 0.5) is 5.82 Å². The Balaban J connectivity index is 2.11. The Morgan fingerprint density at radius 1 is 1.07 bits per heavy atom. The second-order valence-corrected chi connectivity index (χ2v) is 7.70. The van der Waals surface area contributed by atoms with Gasteiger partial charge in [0.25, 0.3) is 5.56 Å². The van der Waals surface area contributed by atoms with Gasteiger partial charge in [0, 0.05) is 47.7 Å². The third-order valence-electron chi connectivity index (χ3n) is 5.28. The molecule has 27 heavy (non-hydrogen) atoms. The molecule has 8 heteroatoms. The molecule has 0 amide bonds. The number of hydrogen-bond acceptors (Lipinski definition) is 4. The Morgan fingerprint density at radius 3 is 2.52 bits per heavy atom. The first-order valence-electron chi connectivity index (χ1n) is 8.59. The first-order valence-corrected chi connectivity index (χ1v) is 9.35. The molecule has 2 aliphatic rings. The minimum absolute atomic E-state index is 0.0127. The van der Waals surface area contributed by atoms with E-state index in [1.54, 1.807) is 25.2 Å². The first-order chi connectivity index (χ1) is 12.8. The molecule has 0 radical (unpaired) electrons. The molecule has 0 saturated heterocycles. The van der Waals surface area contributed by atoms with Crippen LogP contribution in [0.2, 0.25) is 10.0 Å². The van der Waals surface area contributed by atoms with Crippen molar-refractivity contribution in [1.29, 1.82) is 0 Å². The van der Waals surface area contributed by atoms with Gasteiger partial charge < -0.3 is 5.32 Å². The summed E-state index contributed by atoms with van der Waals surface area (Å²) in [5.74, 6) is -0.242. The Kier molecular flexibility index (Phi) is 4.28. The lowest BCUT2D eigenvalue weighted by atomic mass is 9.76. The second-order valence-electron chi connectivity index (χ2n) is 6.86. The summed E-state index contributed by atoms with van der Waals surface area (Å²) in [7, 11) is 3.03. The summed E-state index contributed by atoms with van der Waals surface area (Å²) in [6.45, 7) is 0. The van der Waals surface area contributed by atoms with Crippen LogP contribution >= 0.6 is 23.2 Å². The largest absolute Gasteiger partial charge is 0.344 e. The van der Waals surface area contributed by atoms with Crippen LogP contribution in [0.5, 0.6) is 0 Å². The zero-order valence-corrected chi connectivity index (χ0v) is 16.3. The number of allylic oxidation sites excluding steroid dienone is 2. The van der Waals surface area contributed by atoms with Gasteiger partial charge in [-0.2, -0.15) is 0 Å². The molecule has 2 heterocycles. The number of nitrogens with zero attached hydrogens (tertiary/aromatic N) is 2. The average molecular weight is 406 g/mol. The van der Waals surface area contributed by atoms with Crippen molar-refractivity contribution >= 4 is 34.8 Å². The highest BCUT2D eigenvalue weighted by Crippen LogP contribution is 2.45. The van der Waals surface area contributed by atoms with E-state index in [0.29, 0.717) is 45.4 Å². The lowest BCUT2D eigenvalue weighted by molar-refractivity contribution is -0.116. The predicted octanol–water partition coefficient (Wildman–Crippen LogP) is 2.96. The van der Waals surface area contributed by atoms with E-state index >= 15 is 0 Å². The number of carbonyl (C=O) groups excluding carboxylic acids is 1. The maximum absolute atomic E-state index is 13.0. The van der Waals surface area contributed by atoms with Gasteiger partial charge in [0.1, 0.15) is 5.82 Å². The lowest BCUT2D eigenvalue weighted by Crippen LogP contribution is -2.44. The molecule has 0 spiro atoms. The SMILES string of the molecule is Cn1c2c(c(=O)n(C)c1=O)C(c1ccc(Cl)cc1Cl)C1=C(CCCC1=O)N2. The van der Waals surface area contributed by atoms with E-state index in [0.717, 1.165) is 16.7 Å². The molecule has 6 nitrogen and oxygen atoms in total. The van der Waals surface area contributed by atoms with Gasteiger partial charge in [-0.05, 0) is 30.5 Å². The summed E-state index contributed by atoms with van der Waals surface area (Å²) < 4.78 is 2.45. The number of nitrogens with one attached hydrogen (secondary N) is 1. The van der Waals surface area contributed by atoms with Crippen molar-refractivity contribution in [2.75, 3.05) is 5.32 Å². The van der Waals surface area contributed by atoms with E-state index < -0.39 is 17.2 Å². The lowest BCUT2D eigenvalue weighted by Gasteiger charge is -2.34. The number of fused-ring (bicyclic) bond motifs is 1. The van der Waals surface area contributed by atoms with Crippen LogP contribution < -0.4 is 16.6 Å². The normalized spacial score (nSPS) is 18.8. The second kappa shape index (κ2) is 6.39. The minimum atomic E-state index is -0.640. The third kappa shape index (κ3) is 2.66. The van der Waals surface area contributed by atoms with Crippen molar-refractivity contribution in [3.05, 3.63) is 71.5 Å². The van der Waals surface area contributed by atoms with Gasteiger partial charge in [0.2, 0.25) is 0 Å². The zero-order valence-electron chi connectivity index (χ0n) is 14.8. The van der Waals surface area contributed by atoms with E-state index in [1.165, 1.54) is 11.6 Å². The number of halogens is 2. The number of aromatic nitrogens is 2. The fourth-order valence-electron chi connectivity index (χ4n) is 3.94. The molecule has 1 aliphatic carbocycles. The quantitative estimate of drug-likeness (QED) is 0.791. The van der Waals surface area contributed by atoms with Gasteiger partial charge in [0.05, 0.1) is 5.56 Å². The summed E-state index contributed by atoms with van der Waals surface area (Å²) in [5, 5.41) is 4.02. The average Bonchev–Trinajstić information content (AvgIpc) is 2.63. The molecule has 2 aromatic rings. The third-order valence-corrected chi connectivity index (χ3v) is 5.84.